The maximum Gasteiger partial charge on any atom is 0.163 e. The van der Waals surface area contributed by atoms with Gasteiger partial charge in [0.15, 0.2) is 5.78 Å². The fraction of sp³-hybridized carbons (Fsp3) is 0.222. The summed E-state index contributed by atoms with van der Waals surface area (Å²) in [4.78, 5) is 14.1. The zero-order chi connectivity index (χ0) is 10.6. The number of hydrogen-bond donors (Lipinski definition) is 0. The highest BCUT2D eigenvalue weighted by Gasteiger charge is 2.08. The van der Waals surface area contributed by atoms with Gasteiger partial charge in [0.2, 0.25) is 0 Å². The smallest absolute Gasteiger partial charge is 0.163 e. The Hall–Kier alpha value is -1.32. The first kappa shape index (κ1) is 10.8. The van der Waals surface area contributed by atoms with Crippen molar-refractivity contribution in [2.24, 2.45) is 5.11 Å². The van der Waals surface area contributed by atoms with Crippen molar-refractivity contribution in [3.05, 3.63) is 38.7 Å². The van der Waals surface area contributed by atoms with E-state index in [-0.39, 0.29) is 5.78 Å². The molecule has 0 aromatic heterocycles. The summed E-state index contributed by atoms with van der Waals surface area (Å²) in [6, 6.07) is 5.01. The summed E-state index contributed by atoms with van der Waals surface area (Å²) in [5, 5.41) is 3.46. The molecule has 5 heteroatoms. The molecule has 0 heterocycles. The summed E-state index contributed by atoms with van der Waals surface area (Å²) in [6.45, 7) is 1.77. The Morgan fingerprint density at radius 2 is 2.36 bits per heavy atom. The Balaban J connectivity index is 3.28. The molecule has 0 aliphatic carbocycles. The van der Waals surface area contributed by atoms with Gasteiger partial charge in [-0.2, -0.15) is 0 Å². The van der Waals surface area contributed by atoms with E-state index in [1.54, 1.807) is 25.1 Å². The van der Waals surface area contributed by atoms with Gasteiger partial charge in [0.05, 0.1) is 0 Å². The molecule has 0 atom stereocenters. The van der Waals surface area contributed by atoms with Crippen LogP contribution in [0.5, 0.6) is 0 Å². The predicted octanol–water partition coefficient (Wildman–Crippen LogP) is 3.98. The maximum absolute atomic E-state index is 11.5. The van der Waals surface area contributed by atoms with Crippen LogP contribution < -0.4 is 0 Å². The summed E-state index contributed by atoms with van der Waals surface area (Å²) >= 11 is 3.26. The first-order valence-corrected chi connectivity index (χ1v) is 4.86. The lowest BCUT2D eigenvalue weighted by atomic mass is 10.1. The number of halogens is 1. The Labute approximate surface area is 89.7 Å². The van der Waals surface area contributed by atoms with Gasteiger partial charge in [-0.1, -0.05) is 34.0 Å². The van der Waals surface area contributed by atoms with Crippen molar-refractivity contribution in [3.63, 3.8) is 0 Å². The third-order valence-corrected chi connectivity index (χ3v) is 2.23. The second-order valence-electron chi connectivity index (χ2n) is 2.63. The highest BCUT2D eigenvalue weighted by Crippen LogP contribution is 2.24. The van der Waals surface area contributed by atoms with Crippen LogP contribution in [0, 0.1) is 0 Å². The van der Waals surface area contributed by atoms with Crippen molar-refractivity contribution in [2.45, 2.75) is 13.3 Å². The second-order valence-corrected chi connectivity index (χ2v) is 3.54. The van der Waals surface area contributed by atoms with Gasteiger partial charge < -0.3 is 0 Å². The number of rotatable bonds is 3. The fourth-order valence-corrected chi connectivity index (χ4v) is 1.42. The number of carbonyl (C=O) groups is 1. The molecule has 0 amide bonds. The summed E-state index contributed by atoms with van der Waals surface area (Å²) in [5.74, 6) is -0.0336. The Morgan fingerprint density at radius 1 is 1.64 bits per heavy atom. The van der Waals surface area contributed by atoms with Gasteiger partial charge in [-0.3, -0.25) is 4.79 Å². The average molecular weight is 254 g/mol. The molecule has 1 rings (SSSR count). The lowest BCUT2D eigenvalue weighted by Gasteiger charge is -2.02. The first-order valence-electron chi connectivity index (χ1n) is 4.07. The molecule has 1 aromatic rings. The lowest BCUT2D eigenvalue weighted by molar-refractivity contribution is 0.0989. The zero-order valence-electron chi connectivity index (χ0n) is 7.57. The summed E-state index contributed by atoms with van der Waals surface area (Å²) in [5.41, 5.74) is 9.14. The highest BCUT2D eigenvalue weighted by molar-refractivity contribution is 9.10. The Morgan fingerprint density at radius 3 is 2.93 bits per heavy atom. The minimum absolute atomic E-state index is 0.0336. The van der Waals surface area contributed by atoms with Crippen LogP contribution in [0.1, 0.15) is 23.7 Å². The van der Waals surface area contributed by atoms with E-state index >= 15 is 0 Å². The number of Topliss-reactive ketones (excluding diaryl/α,β-unsaturated/α-hetero) is 1. The van der Waals surface area contributed by atoms with Crippen LogP contribution in [-0.2, 0) is 0 Å². The number of hydrogen-bond acceptors (Lipinski definition) is 2. The minimum atomic E-state index is -0.0336. The molecule has 0 spiro atoms. The van der Waals surface area contributed by atoms with Gasteiger partial charge in [-0.05, 0) is 17.7 Å². The van der Waals surface area contributed by atoms with Crippen LogP contribution in [0.2, 0.25) is 0 Å². The highest BCUT2D eigenvalue weighted by atomic mass is 79.9. The quantitative estimate of drug-likeness (QED) is 0.348. The third kappa shape index (κ3) is 2.34. The molecule has 0 N–H and O–H groups in total. The Kier molecular flexibility index (Phi) is 3.68. The van der Waals surface area contributed by atoms with Crippen LogP contribution >= 0.6 is 15.9 Å². The van der Waals surface area contributed by atoms with E-state index in [0.29, 0.717) is 17.7 Å². The van der Waals surface area contributed by atoms with E-state index in [2.05, 4.69) is 26.0 Å². The van der Waals surface area contributed by atoms with Crippen molar-refractivity contribution in [1.82, 2.24) is 0 Å². The van der Waals surface area contributed by atoms with Crippen LogP contribution in [-0.4, -0.2) is 5.78 Å². The molecule has 0 radical (unpaired) electrons. The summed E-state index contributed by atoms with van der Waals surface area (Å²) < 4.78 is 0.797. The van der Waals surface area contributed by atoms with Crippen molar-refractivity contribution in [3.8, 4) is 0 Å². The molecule has 0 fully saturated rings. The van der Waals surface area contributed by atoms with Gasteiger partial charge in [0.25, 0.3) is 0 Å². The molecule has 72 valence electrons. The van der Waals surface area contributed by atoms with Crippen LogP contribution in [0.25, 0.3) is 10.4 Å². The van der Waals surface area contributed by atoms with Crippen LogP contribution in [0.4, 0.5) is 5.69 Å². The molecule has 0 saturated carbocycles. The minimum Gasteiger partial charge on any atom is -0.294 e. The van der Waals surface area contributed by atoms with Gasteiger partial charge in [-0.25, -0.2) is 0 Å². The fourth-order valence-electron chi connectivity index (χ4n) is 1.06. The van der Waals surface area contributed by atoms with Crippen molar-refractivity contribution >= 4 is 27.4 Å². The molecule has 0 saturated heterocycles. The number of carbonyl (C=O) groups excluding carboxylic acids is 1. The number of ketones is 1. The van der Waals surface area contributed by atoms with Crippen molar-refractivity contribution in [2.75, 3.05) is 0 Å². The molecule has 0 bridgehead atoms. The number of benzene rings is 1. The largest absolute Gasteiger partial charge is 0.294 e. The number of nitrogens with zero attached hydrogens (tertiary/aromatic N) is 3. The lowest BCUT2D eigenvalue weighted by Crippen LogP contribution is -1.96. The van der Waals surface area contributed by atoms with E-state index in [4.69, 9.17) is 5.53 Å². The van der Waals surface area contributed by atoms with Crippen molar-refractivity contribution in [1.29, 1.82) is 0 Å². The summed E-state index contributed by atoms with van der Waals surface area (Å²) in [7, 11) is 0. The molecule has 14 heavy (non-hydrogen) atoms. The second kappa shape index (κ2) is 4.79. The molecular formula is C9H8BrN3O. The molecule has 4 nitrogen and oxygen atoms in total. The molecule has 0 aliphatic heterocycles. The number of azide groups is 1. The maximum atomic E-state index is 11.5. The third-order valence-electron chi connectivity index (χ3n) is 1.73. The van der Waals surface area contributed by atoms with Crippen LogP contribution in [0.3, 0.4) is 0 Å². The molecule has 0 unspecified atom stereocenters. The normalized spacial score (nSPS) is 9.29. The standard InChI is InChI=1S/C9H8BrN3O/c1-2-9(14)7-5-6(10)3-4-8(7)12-13-11/h3-5H,2H2,1H3. The predicted molar refractivity (Wildman–Crippen MR) is 57.6 cm³/mol. The molecule has 0 aliphatic rings. The monoisotopic (exact) mass is 253 g/mol. The SMILES string of the molecule is CCC(=O)c1cc(Br)ccc1N=[N+]=[N-]. The summed E-state index contributed by atoms with van der Waals surface area (Å²) in [6.07, 6.45) is 0.393. The Bertz CT molecular complexity index is 411. The van der Waals surface area contributed by atoms with Gasteiger partial charge in [0, 0.05) is 27.1 Å². The van der Waals surface area contributed by atoms with E-state index in [9.17, 15) is 4.79 Å². The van der Waals surface area contributed by atoms with Crippen LogP contribution in [0.15, 0.2) is 27.8 Å². The van der Waals surface area contributed by atoms with Gasteiger partial charge >= 0.3 is 0 Å². The average Bonchev–Trinajstić information content (AvgIpc) is 2.20. The zero-order valence-corrected chi connectivity index (χ0v) is 9.15. The van der Waals surface area contributed by atoms with E-state index < -0.39 is 0 Å². The van der Waals surface area contributed by atoms with Crippen molar-refractivity contribution < 1.29 is 4.79 Å². The van der Waals surface area contributed by atoms with Gasteiger partial charge in [-0.15, -0.1) is 0 Å². The topological polar surface area (TPSA) is 65.8 Å². The first-order chi connectivity index (χ1) is 6.69. The van der Waals surface area contributed by atoms with E-state index in [1.165, 1.54) is 0 Å². The van der Waals surface area contributed by atoms with Gasteiger partial charge in [0.1, 0.15) is 0 Å². The van der Waals surface area contributed by atoms with E-state index in [1.807, 2.05) is 0 Å². The van der Waals surface area contributed by atoms with E-state index in [0.717, 1.165) is 4.47 Å². The molecular weight excluding hydrogens is 246 g/mol. The molecule has 1 aromatic carbocycles.